The molecule has 1 aliphatic heterocycles. The van der Waals surface area contributed by atoms with Crippen molar-refractivity contribution in [2.75, 3.05) is 26.1 Å². The molecule has 3 rings (SSSR count). The van der Waals surface area contributed by atoms with Gasteiger partial charge >= 0.3 is 0 Å². The van der Waals surface area contributed by atoms with Crippen LogP contribution in [0.3, 0.4) is 0 Å². The van der Waals surface area contributed by atoms with Gasteiger partial charge in [-0.3, -0.25) is 4.79 Å². The molecule has 0 saturated heterocycles. The Morgan fingerprint density at radius 2 is 2.00 bits per heavy atom. The van der Waals surface area contributed by atoms with E-state index in [1.54, 1.807) is 32.6 Å². The maximum Gasteiger partial charge on any atom is 0.262 e. The maximum atomic E-state index is 12.4. The minimum absolute atomic E-state index is 0.140. The SMILES string of the molecule is COc1cc(OC)c(NC(=O)COc2cccc(C3C=NN=N3)c2)cc1CI. The highest BCUT2D eigenvalue weighted by atomic mass is 127. The normalized spacial score (nSPS) is 14.8. The number of carbonyl (C=O) groups is 1. The molecule has 0 spiro atoms. The first-order valence-corrected chi connectivity index (χ1v) is 9.94. The molecule has 28 heavy (non-hydrogen) atoms. The summed E-state index contributed by atoms with van der Waals surface area (Å²) < 4.78 is 17.1. The van der Waals surface area contributed by atoms with Crippen molar-refractivity contribution in [2.45, 2.75) is 10.5 Å². The van der Waals surface area contributed by atoms with E-state index in [0.717, 1.165) is 15.6 Å². The van der Waals surface area contributed by atoms with E-state index in [4.69, 9.17) is 14.2 Å². The Labute approximate surface area is 176 Å². The van der Waals surface area contributed by atoms with Gasteiger partial charge in [-0.25, -0.2) is 0 Å². The molecule has 0 fully saturated rings. The topological polar surface area (TPSA) is 93.9 Å². The van der Waals surface area contributed by atoms with E-state index < -0.39 is 0 Å². The average molecular weight is 494 g/mol. The number of benzene rings is 2. The first-order valence-electron chi connectivity index (χ1n) is 8.41. The van der Waals surface area contributed by atoms with Crippen LogP contribution in [0.5, 0.6) is 17.2 Å². The molecule has 1 aliphatic rings. The number of hydrogen-bond donors (Lipinski definition) is 1. The van der Waals surface area contributed by atoms with Crippen molar-refractivity contribution in [3.05, 3.63) is 47.5 Å². The highest BCUT2D eigenvalue weighted by Gasteiger charge is 2.15. The third-order valence-electron chi connectivity index (χ3n) is 4.03. The zero-order valence-corrected chi connectivity index (χ0v) is 17.5. The zero-order valence-electron chi connectivity index (χ0n) is 15.4. The lowest BCUT2D eigenvalue weighted by molar-refractivity contribution is -0.118. The summed E-state index contributed by atoms with van der Waals surface area (Å²) in [5.74, 6) is 1.50. The number of nitrogens with zero attached hydrogens (tertiary/aromatic N) is 3. The van der Waals surface area contributed by atoms with Gasteiger partial charge in [0.15, 0.2) is 6.61 Å². The smallest absolute Gasteiger partial charge is 0.262 e. The largest absolute Gasteiger partial charge is 0.496 e. The highest BCUT2D eigenvalue weighted by molar-refractivity contribution is 14.1. The van der Waals surface area contributed by atoms with Crippen LogP contribution < -0.4 is 19.5 Å². The van der Waals surface area contributed by atoms with Gasteiger partial charge in [-0.15, -0.1) is 5.10 Å². The van der Waals surface area contributed by atoms with Crippen LogP contribution in [0.2, 0.25) is 0 Å². The van der Waals surface area contributed by atoms with Crippen LogP contribution in [0.25, 0.3) is 0 Å². The molecule has 2 aromatic rings. The van der Waals surface area contributed by atoms with E-state index in [-0.39, 0.29) is 18.6 Å². The van der Waals surface area contributed by atoms with Gasteiger partial charge in [-0.1, -0.05) is 34.7 Å². The molecule has 0 bridgehead atoms. The molecule has 0 radical (unpaired) electrons. The van der Waals surface area contributed by atoms with Crippen LogP contribution in [-0.4, -0.2) is 32.9 Å². The van der Waals surface area contributed by atoms with E-state index in [1.807, 2.05) is 24.3 Å². The zero-order chi connectivity index (χ0) is 19.9. The van der Waals surface area contributed by atoms with Gasteiger partial charge in [0.25, 0.3) is 5.91 Å². The van der Waals surface area contributed by atoms with Gasteiger partial charge < -0.3 is 19.5 Å². The number of amides is 1. The Kier molecular flexibility index (Phi) is 6.80. The van der Waals surface area contributed by atoms with Crippen LogP contribution in [-0.2, 0) is 9.22 Å². The van der Waals surface area contributed by atoms with Crippen molar-refractivity contribution in [3.63, 3.8) is 0 Å². The van der Waals surface area contributed by atoms with E-state index in [2.05, 4.69) is 43.3 Å². The first-order chi connectivity index (χ1) is 13.6. The van der Waals surface area contributed by atoms with E-state index >= 15 is 0 Å². The Hall–Kier alpha value is -2.69. The third kappa shape index (κ3) is 4.77. The molecule has 0 aliphatic carbocycles. The molecule has 1 heterocycles. The molecule has 1 amide bonds. The van der Waals surface area contributed by atoms with Gasteiger partial charge in [-0.2, -0.15) is 5.11 Å². The molecule has 146 valence electrons. The molecule has 0 aromatic heterocycles. The number of carbonyl (C=O) groups excluding carboxylic acids is 1. The minimum atomic E-state index is -0.296. The first kappa shape index (κ1) is 20.1. The summed E-state index contributed by atoms with van der Waals surface area (Å²) in [6.45, 7) is -0.140. The number of nitrogens with one attached hydrogen (secondary N) is 1. The fourth-order valence-corrected chi connectivity index (χ4v) is 3.25. The second-order valence-electron chi connectivity index (χ2n) is 5.82. The number of anilines is 1. The van der Waals surface area contributed by atoms with Crippen molar-refractivity contribution in [1.82, 2.24) is 0 Å². The van der Waals surface area contributed by atoms with Crippen LogP contribution in [0.1, 0.15) is 17.2 Å². The van der Waals surface area contributed by atoms with Crippen LogP contribution in [0.4, 0.5) is 5.69 Å². The summed E-state index contributed by atoms with van der Waals surface area (Å²) in [5.41, 5.74) is 2.42. The van der Waals surface area contributed by atoms with Crippen molar-refractivity contribution in [2.24, 2.45) is 15.4 Å². The van der Waals surface area contributed by atoms with E-state index in [0.29, 0.717) is 22.9 Å². The molecule has 2 aromatic carbocycles. The summed E-state index contributed by atoms with van der Waals surface area (Å²) >= 11 is 2.24. The third-order valence-corrected chi connectivity index (χ3v) is 4.85. The van der Waals surface area contributed by atoms with E-state index in [9.17, 15) is 4.79 Å². The predicted octanol–water partition coefficient (Wildman–Crippen LogP) is 4.15. The standard InChI is InChI=1S/C19H19IN4O4/c1-26-17-8-18(27-2)15(7-13(17)9-20)22-19(25)11-28-14-5-3-4-12(6-14)16-10-21-24-23-16/h3-8,10,16H,9,11H2,1-2H3,(H,22,25). The molecule has 0 saturated carbocycles. The number of rotatable bonds is 8. The van der Waals surface area contributed by atoms with Crippen molar-refractivity contribution in [3.8, 4) is 17.2 Å². The average Bonchev–Trinajstić information content (AvgIpc) is 3.27. The maximum absolute atomic E-state index is 12.4. The van der Waals surface area contributed by atoms with E-state index in [1.165, 1.54) is 0 Å². The molecule has 1 atom stereocenters. The lowest BCUT2D eigenvalue weighted by atomic mass is 10.1. The number of halogens is 1. The Balaban J connectivity index is 1.65. The number of hydrogen-bond acceptors (Lipinski definition) is 7. The van der Waals surface area contributed by atoms with Gasteiger partial charge in [0.2, 0.25) is 0 Å². The molecule has 1 N–H and O–H groups in total. The summed E-state index contributed by atoms with van der Waals surface area (Å²) in [5, 5.41) is 14.2. The Bertz CT molecular complexity index is 905. The summed E-state index contributed by atoms with van der Waals surface area (Å²) in [6.07, 6.45) is 1.65. The molecule has 1 unspecified atom stereocenters. The van der Waals surface area contributed by atoms with Gasteiger partial charge in [0.05, 0.1) is 26.1 Å². The van der Waals surface area contributed by atoms with Gasteiger partial charge in [0, 0.05) is 16.1 Å². The Morgan fingerprint density at radius 3 is 2.68 bits per heavy atom. The van der Waals surface area contributed by atoms with Crippen LogP contribution in [0.15, 0.2) is 51.8 Å². The minimum Gasteiger partial charge on any atom is -0.496 e. The lowest BCUT2D eigenvalue weighted by Gasteiger charge is -2.15. The molecule has 8 nitrogen and oxygen atoms in total. The number of methoxy groups -OCH3 is 2. The summed E-state index contributed by atoms with van der Waals surface area (Å²) in [6, 6.07) is 10.7. The van der Waals surface area contributed by atoms with Crippen molar-refractivity contribution >= 4 is 40.4 Å². The predicted molar refractivity (Wildman–Crippen MR) is 114 cm³/mol. The Morgan fingerprint density at radius 1 is 1.18 bits per heavy atom. The lowest BCUT2D eigenvalue weighted by Crippen LogP contribution is -2.20. The van der Waals surface area contributed by atoms with Crippen LogP contribution in [0, 0.1) is 0 Å². The van der Waals surface area contributed by atoms with Crippen molar-refractivity contribution < 1.29 is 19.0 Å². The fraction of sp³-hybridized carbons (Fsp3) is 0.263. The molecular weight excluding hydrogens is 475 g/mol. The number of alkyl halides is 1. The van der Waals surface area contributed by atoms with Gasteiger partial charge in [0.1, 0.15) is 23.3 Å². The van der Waals surface area contributed by atoms with Crippen molar-refractivity contribution in [1.29, 1.82) is 0 Å². The molecule has 9 heteroatoms. The van der Waals surface area contributed by atoms with Gasteiger partial charge in [-0.05, 0) is 29.0 Å². The fourth-order valence-electron chi connectivity index (χ4n) is 2.65. The second-order valence-corrected chi connectivity index (χ2v) is 6.58. The summed E-state index contributed by atoms with van der Waals surface area (Å²) in [4.78, 5) is 12.4. The number of ether oxygens (including phenoxy) is 3. The van der Waals surface area contributed by atoms with Crippen LogP contribution >= 0.6 is 22.6 Å². The molecular formula is C19H19IN4O4. The second kappa shape index (κ2) is 9.49. The quantitative estimate of drug-likeness (QED) is 0.441. The summed E-state index contributed by atoms with van der Waals surface area (Å²) in [7, 11) is 3.14. The monoisotopic (exact) mass is 494 g/mol. The highest BCUT2D eigenvalue weighted by Crippen LogP contribution is 2.34.